The van der Waals surface area contributed by atoms with Crippen molar-refractivity contribution in [3.8, 4) is 0 Å². The van der Waals surface area contributed by atoms with E-state index in [1.54, 1.807) is 6.92 Å². The Morgan fingerprint density at radius 2 is 1.88 bits per heavy atom. The van der Waals surface area contributed by atoms with Gasteiger partial charge in [0.2, 0.25) is 0 Å². The Morgan fingerprint density at radius 3 is 2.29 bits per heavy atom. The van der Waals surface area contributed by atoms with Crippen LogP contribution in [0.4, 0.5) is 8.78 Å². The van der Waals surface area contributed by atoms with Crippen molar-refractivity contribution in [3.05, 3.63) is 41.5 Å². The van der Waals surface area contributed by atoms with E-state index in [0.717, 1.165) is 19.9 Å². The van der Waals surface area contributed by atoms with Gasteiger partial charge in [-0.3, -0.25) is 4.79 Å². The van der Waals surface area contributed by atoms with Gasteiger partial charge in [-0.25, -0.2) is 8.78 Å². The first-order valence-electron chi connectivity index (χ1n) is 5.07. The molecular weight excluding hydrogens is 226 g/mol. The highest BCUT2D eigenvalue weighted by molar-refractivity contribution is 5.86. The molecule has 0 aromatic heterocycles. The largest absolute Gasteiger partial charge is 0.377 e. The van der Waals surface area contributed by atoms with Crippen molar-refractivity contribution in [3.63, 3.8) is 0 Å². The Hall–Kier alpha value is -1.55. The van der Waals surface area contributed by atoms with Crippen LogP contribution in [0.1, 0.15) is 31.9 Å². The second-order valence-corrected chi connectivity index (χ2v) is 4.19. The van der Waals surface area contributed by atoms with Gasteiger partial charge in [0.15, 0.2) is 11.4 Å². The number of halogens is 2. The van der Waals surface area contributed by atoms with Gasteiger partial charge >= 0.3 is 0 Å². The number of ketones is 1. The quantitative estimate of drug-likeness (QED) is 0.882. The maximum Gasteiger partial charge on any atom is 0.165 e. The van der Waals surface area contributed by atoms with E-state index in [1.165, 1.54) is 6.07 Å². The molecule has 2 nitrogen and oxygen atoms in total. The third kappa shape index (κ3) is 2.26. The van der Waals surface area contributed by atoms with E-state index in [0.29, 0.717) is 5.57 Å². The summed E-state index contributed by atoms with van der Waals surface area (Å²) in [7, 11) is 0. The van der Waals surface area contributed by atoms with Gasteiger partial charge in [-0.1, -0.05) is 6.58 Å². The average molecular weight is 240 g/mol. The molecule has 92 valence electrons. The first-order valence-corrected chi connectivity index (χ1v) is 5.07. The number of rotatable bonds is 3. The molecule has 1 N–H and O–H groups in total. The summed E-state index contributed by atoms with van der Waals surface area (Å²) < 4.78 is 27.6. The number of hydrogen-bond donors (Lipinski definition) is 1. The molecule has 1 atom stereocenters. The fraction of sp³-hybridized carbons (Fsp3) is 0.308. The number of aliphatic hydroxyl groups is 1. The van der Waals surface area contributed by atoms with Crippen molar-refractivity contribution in [2.24, 2.45) is 0 Å². The maximum atomic E-state index is 14.0. The van der Waals surface area contributed by atoms with Gasteiger partial charge in [0.25, 0.3) is 0 Å². The van der Waals surface area contributed by atoms with Gasteiger partial charge in [-0.05, 0) is 38.5 Å². The Labute approximate surface area is 98.6 Å². The predicted octanol–water partition coefficient (Wildman–Crippen LogP) is 2.79. The molecular formula is C13H14F2O2. The van der Waals surface area contributed by atoms with Gasteiger partial charge in [0, 0.05) is 5.56 Å². The number of benzene rings is 1. The molecule has 0 saturated carbocycles. The summed E-state index contributed by atoms with van der Waals surface area (Å²) in [6.07, 6.45) is 0. The van der Waals surface area contributed by atoms with Crippen LogP contribution in [-0.4, -0.2) is 10.9 Å². The summed E-state index contributed by atoms with van der Waals surface area (Å²) in [5.74, 6) is -2.63. The first-order chi connectivity index (χ1) is 7.69. The lowest BCUT2D eigenvalue weighted by molar-refractivity contribution is -0.134. The molecule has 0 saturated heterocycles. The second-order valence-electron chi connectivity index (χ2n) is 4.19. The molecule has 17 heavy (non-hydrogen) atoms. The van der Waals surface area contributed by atoms with E-state index in [-0.39, 0.29) is 5.56 Å². The molecule has 1 aromatic rings. The SMILES string of the molecule is C=C(C)c1ccc(F)c(C(C)(O)C(C)=O)c1F. The van der Waals surface area contributed by atoms with E-state index in [1.807, 2.05) is 0 Å². The lowest BCUT2D eigenvalue weighted by atomic mass is 9.89. The van der Waals surface area contributed by atoms with Crippen molar-refractivity contribution in [1.82, 2.24) is 0 Å². The summed E-state index contributed by atoms with van der Waals surface area (Å²) in [6.45, 7) is 7.26. The Morgan fingerprint density at radius 1 is 1.35 bits per heavy atom. The monoisotopic (exact) mass is 240 g/mol. The third-order valence-corrected chi connectivity index (χ3v) is 2.72. The fourth-order valence-electron chi connectivity index (χ4n) is 1.50. The normalized spacial score (nSPS) is 14.2. The van der Waals surface area contributed by atoms with Crippen molar-refractivity contribution >= 4 is 11.4 Å². The zero-order chi connectivity index (χ0) is 13.4. The lowest BCUT2D eigenvalue weighted by Gasteiger charge is -2.22. The molecule has 1 rings (SSSR count). The lowest BCUT2D eigenvalue weighted by Crippen LogP contribution is -2.32. The smallest absolute Gasteiger partial charge is 0.165 e. The molecule has 0 fully saturated rings. The molecule has 0 heterocycles. The predicted molar refractivity (Wildman–Crippen MR) is 61.3 cm³/mol. The van der Waals surface area contributed by atoms with Crippen LogP contribution >= 0.6 is 0 Å². The molecule has 0 aliphatic rings. The van der Waals surface area contributed by atoms with E-state index in [4.69, 9.17) is 0 Å². The highest BCUT2D eigenvalue weighted by Gasteiger charge is 2.35. The van der Waals surface area contributed by atoms with E-state index in [9.17, 15) is 18.7 Å². The van der Waals surface area contributed by atoms with Crippen LogP contribution in [0.25, 0.3) is 5.57 Å². The van der Waals surface area contributed by atoms with Crippen molar-refractivity contribution < 1.29 is 18.7 Å². The van der Waals surface area contributed by atoms with Crippen LogP contribution in [0.5, 0.6) is 0 Å². The standard InChI is InChI=1S/C13H14F2O2/c1-7(2)9-5-6-10(14)11(12(9)15)13(4,17)8(3)16/h5-6,17H,1H2,2-4H3. The van der Waals surface area contributed by atoms with Crippen molar-refractivity contribution in [2.75, 3.05) is 0 Å². The Balaban J connectivity index is 3.58. The van der Waals surface area contributed by atoms with E-state index in [2.05, 4.69) is 6.58 Å². The van der Waals surface area contributed by atoms with E-state index >= 15 is 0 Å². The van der Waals surface area contributed by atoms with Gasteiger partial charge in [-0.15, -0.1) is 0 Å². The number of Topliss-reactive ketones (excluding diaryl/α,β-unsaturated/α-hetero) is 1. The third-order valence-electron chi connectivity index (χ3n) is 2.72. The van der Waals surface area contributed by atoms with Crippen LogP contribution in [-0.2, 0) is 10.4 Å². The molecule has 0 bridgehead atoms. The van der Waals surface area contributed by atoms with Crippen LogP contribution in [0, 0.1) is 11.6 Å². The van der Waals surface area contributed by atoms with Crippen molar-refractivity contribution in [2.45, 2.75) is 26.4 Å². The van der Waals surface area contributed by atoms with Gasteiger partial charge in [0.05, 0.1) is 5.56 Å². The molecule has 0 radical (unpaired) electrons. The van der Waals surface area contributed by atoms with Gasteiger partial charge in [0.1, 0.15) is 11.6 Å². The zero-order valence-electron chi connectivity index (χ0n) is 9.97. The Bertz CT molecular complexity index is 490. The molecule has 0 aliphatic carbocycles. The van der Waals surface area contributed by atoms with Crippen molar-refractivity contribution in [1.29, 1.82) is 0 Å². The summed E-state index contributed by atoms with van der Waals surface area (Å²) in [4.78, 5) is 11.2. The highest BCUT2D eigenvalue weighted by atomic mass is 19.1. The number of carbonyl (C=O) groups is 1. The maximum absolute atomic E-state index is 14.0. The first kappa shape index (κ1) is 13.5. The minimum absolute atomic E-state index is 0.0860. The highest BCUT2D eigenvalue weighted by Crippen LogP contribution is 2.31. The topological polar surface area (TPSA) is 37.3 Å². The minimum Gasteiger partial charge on any atom is -0.377 e. The molecule has 0 aliphatic heterocycles. The summed E-state index contributed by atoms with van der Waals surface area (Å²) in [6, 6.07) is 2.24. The van der Waals surface area contributed by atoms with E-state index < -0.39 is 28.6 Å². The Kier molecular flexibility index (Phi) is 3.48. The summed E-state index contributed by atoms with van der Waals surface area (Å²) in [5, 5.41) is 9.87. The van der Waals surface area contributed by atoms with Crippen LogP contribution in [0.2, 0.25) is 0 Å². The number of carbonyl (C=O) groups excluding carboxylic acids is 1. The van der Waals surface area contributed by atoms with Crippen LogP contribution in [0.15, 0.2) is 18.7 Å². The fourth-order valence-corrected chi connectivity index (χ4v) is 1.50. The molecule has 0 amide bonds. The number of allylic oxidation sites excluding steroid dienone is 1. The molecule has 1 unspecified atom stereocenters. The molecule has 0 spiro atoms. The van der Waals surface area contributed by atoms with Gasteiger partial charge in [-0.2, -0.15) is 0 Å². The minimum atomic E-state index is -2.18. The number of hydrogen-bond acceptors (Lipinski definition) is 2. The van der Waals surface area contributed by atoms with Crippen LogP contribution in [0.3, 0.4) is 0 Å². The molecule has 1 aromatic carbocycles. The zero-order valence-corrected chi connectivity index (χ0v) is 9.97. The van der Waals surface area contributed by atoms with Crippen LogP contribution < -0.4 is 0 Å². The second kappa shape index (κ2) is 4.37. The van der Waals surface area contributed by atoms with Gasteiger partial charge < -0.3 is 5.11 Å². The summed E-state index contributed by atoms with van der Waals surface area (Å²) in [5.41, 5.74) is -2.34. The average Bonchev–Trinajstić information content (AvgIpc) is 2.16. The molecule has 4 heteroatoms. The summed E-state index contributed by atoms with van der Waals surface area (Å²) >= 11 is 0.